The fraction of sp³-hybridized carbons (Fsp3) is 0.308. The summed E-state index contributed by atoms with van der Waals surface area (Å²) in [6.07, 6.45) is 2.23. The normalized spacial score (nSPS) is 11.2. The van der Waals surface area contributed by atoms with Crippen molar-refractivity contribution in [3.63, 3.8) is 0 Å². The van der Waals surface area contributed by atoms with Crippen LogP contribution >= 0.6 is 0 Å². The molecule has 0 amide bonds. The van der Waals surface area contributed by atoms with Gasteiger partial charge in [0.25, 0.3) is 0 Å². The molecular weight excluding hydrogens is 189 g/mol. The summed E-state index contributed by atoms with van der Waals surface area (Å²) < 4.78 is 13.1. The Kier molecular flexibility index (Phi) is 2.67. The van der Waals surface area contributed by atoms with Crippen LogP contribution < -0.4 is 0 Å². The Labute approximate surface area is 89.0 Å². The molecular formula is C13H14FN. The topological polar surface area (TPSA) is 12.9 Å². The summed E-state index contributed by atoms with van der Waals surface area (Å²) in [5, 5.41) is 0.936. The molecule has 2 rings (SSSR count). The van der Waals surface area contributed by atoms with E-state index in [2.05, 4.69) is 18.8 Å². The molecule has 0 aliphatic rings. The molecule has 0 saturated heterocycles. The third-order valence-electron chi connectivity index (χ3n) is 2.41. The van der Waals surface area contributed by atoms with Gasteiger partial charge in [-0.25, -0.2) is 4.39 Å². The summed E-state index contributed by atoms with van der Waals surface area (Å²) in [6.45, 7) is 4.32. The lowest BCUT2D eigenvalue weighted by Crippen LogP contribution is -1.96. The van der Waals surface area contributed by atoms with Crippen LogP contribution in [-0.4, -0.2) is 4.98 Å². The van der Waals surface area contributed by atoms with Gasteiger partial charge in [0.05, 0.1) is 11.7 Å². The van der Waals surface area contributed by atoms with Gasteiger partial charge >= 0.3 is 0 Å². The smallest absolute Gasteiger partial charge is 0.142 e. The van der Waals surface area contributed by atoms with Gasteiger partial charge in [-0.1, -0.05) is 26.0 Å². The minimum Gasteiger partial charge on any atom is -0.253 e. The van der Waals surface area contributed by atoms with Crippen molar-refractivity contribution in [2.75, 3.05) is 0 Å². The van der Waals surface area contributed by atoms with Crippen LogP contribution in [0.5, 0.6) is 0 Å². The lowest BCUT2D eigenvalue weighted by atomic mass is 9.99. The van der Waals surface area contributed by atoms with E-state index >= 15 is 0 Å². The monoisotopic (exact) mass is 203 g/mol. The van der Waals surface area contributed by atoms with Gasteiger partial charge in [0, 0.05) is 5.39 Å². The Balaban J connectivity index is 2.58. The fourth-order valence-electron chi connectivity index (χ4n) is 1.80. The first kappa shape index (κ1) is 10.1. The summed E-state index contributed by atoms with van der Waals surface area (Å²) in [5.41, 5.74) is 2.05. The third-order valence-corrected chi connectivity index (χ3v) is 2.41. The van der Waals surface area contributed by atoms with E-state index < -0.39 is 0 Å². The SMILES string of the molecule is CC(C)Cc1cccc2ncc(F)cc12. The summed E-state index contributed by atoms with van der Waals surface area (Å²) >= 11 is 0. The quantitative estimate of drug-likeness (QED) is 0.727. The van der Waals surface area contributed by atoms with Crippen molar-refractivity contribution >= 4 is 10.9 Å². The highest BCUT2D eigenvalue weighted by atomic mass is 19.1. The zero-order valence-electron chi connectivity index (χ0n) is 9.00. The second-order valence-electron chi connectivity index (χ2n) is 4.24. The zero-order chi connectivity index (χ0) is 10.8. The van der Waals surface area contributed by atoms with Crippen LogP contribution in [0.2, 0.25) is 0 Å². The van der Waals surface area contributed by atoms with E-state index in [4.69, 9.17) is 0 Å². The van der Waals surface area contributed by atoms with Crippen molar-refractivity contribution in [3.05, 3.63) is 41.8 Å². The molecule has 0 aliphatic heterocycles. The molecule has 0 aliphatic carbocycles. The molecule has 1 aromatic heterocycles. The van der Waals surface area contributed by atoms with Gasteiger partial charge in [0.15, 0.2) is 0 Å². The molecule has 78 valence electrons. The Hall–Kier alpha value is -1.44. The van der Waals surface area contributed by atoms with Crippen molar-refractivity contribution in [2.24, 2.45) is 5.92 Å². The molecule has 0 bridgehead atoms. The maximum Gasteiger partial charge on any atom is 0.142 e. The van der Waals surface area contributed by atoms with Crippen molar-refractivity contribution < 1.29 is 4.39 Å². The number of hydrogen-bond donors (Lipinski definition) is 0. The number of aromatic nitrogens is 1. The average Bonchev–Trinajstić information content (AvgIpc) is 2.18. The van der Waals surface area contributed by atoms with Crippen molar-refractivity contribution in [3.8, 4) is 0 Å². The van der Waals surface area contributed by atoms with Crippen molar-refractivity contribution in [1.29, 1.82) is 0 Å². The molecule has 1 heterocycles. The van der Waals surface area contributed by atoms with E-state index in [9.17, 15) is 4.39 Å². The number of halogens is 1. The minimum absolute atomic E-state index is 0.265. The molecule has 0 fully saturated rings. The summed E-state index contributed by atoms with van der Waals surface area (Å²) in [6, 6.07) is 7.51. The number of nitrogens with zero attached hydrogens (tertiary/aromatic N) is 1. The number of fused-ring (bicyclic) bond motifs is 1. The molecule has 2 heteroatoms. The highest BCUT2D eigenvalue weighted by Gasteiger charge is 2.04. The molecule has 1 nitrogen and oxygen atoms in total. The standard InChI is InChI=1S/C13H14FN/c1-9(2)6-10-4-3-5-13-12(10)7-11(14)8-15-13/h3-5,7-9H,6H2,1-2H3. The lowest BCUT2D eigenvalue weighted by Gasteiger charge is -2.08. The van der Waals surface area contributed by atoms with Gasteiger partial charge in [-0.3, -0.25) is 4.98 Å². The van der Waals surface area contributed by atoms with Gasteiger partial charge in [0.1, 0.15) is 5.82 Å². The van der Waals surface area contributed by atoms with E-state index in [0.29, 0.717) is 5.92 Å². The molecule has 0 saturated carbocycles. The maximum absolute atomic E-state index is 13.1. The van der Waals surface area contributed by atoms with Crippen molar-refractivity contribution in [2.45, 2.75) is 20.3 Å². The molecule has 2 aromatic rings. The lowest BCUT2D eigenvalue weighted by molar-refractivity contribution is 0.623. The molecule has 1 aromatic carbocycles. The maximum atomic E-state index is 13.1. The summed E-state index contributed by atoms with van der Waals surface area (Å²) in [4.78, 5) is 4.07. The number of pyridine rings is 1. The van der Waals surface area contributed by atoms with Gasteiger partial charge in [-0.2, -0.15) is 0 Å². The minimum atomic E-state index is -0.265. The Morgan fingerprint density at radius 1 is 1.33 bits per heavy atom. The van der Waals surface area contributed by atoms with E-state index in [-0.39, 0.29) is 5.82 Å². The highest BCUT2D eigenvalue weighted by Crippen LogP contribution is 2.20. The Morgan fingerprint density at radius 3 is 2.87 bits per heavy atom. The Bertz CT molecular complexity index is 477. The molecule has 15 heavy (non-hydrogen) atoms. The first-order chi connectivity index (χ1) is 7.16. The van der Waals surface area contributed by atoms with Crippen molar-refractivity contribution in [1.82, 2.24) is 4.98 Å². The predicted molar refractivity (Wildman–Crippen MR) is 60.2 cm³/mol. The first-order valence-corrected chi connectivity index (χ1v) is 5.20. The van der Waals surface area contributed by atoms with Crippen LogP contribution in [-0.2, 0) is 6.42 Å². The van der Waals surface area contributed by atoms with Gasteiger partial charge in [-0.05, 0) is 30.0 Å². The van der Waals surface area contributed by atoms with Crippen LogP contribution in [0.25, 0.3) is 10.9 Å². The zero-order valence-corrected chi connectivity index (χ0v) is 9.00. The van der Waals surface area contributed by atoms with Gasteiger partial charge in [0.2, 0.25) is 0 Å². The van der Waals surface area contributed by atoms with Gasteiger partial charge < -0.3 is 0 Å². The second-order valence-corrected chi connectivity index (χ2v) is 4.24. The number of hydrogen-bond acceptors (Lipinski definition) is 1. The highest BCUT2D eigenvalue weighted by molar-refractivity contribution is 5.82. The number of benzene rings is 1. The second kappa shape index (κ2) is 3.97. The third kappa shape index (κ3) is 2.14. The molecule has 0 N–H and O–H groups in total. The summed E-state index contributed by atoms with van der Waals surface area (Å²) in [5.74, 6) is 0.303. The van der Waals surface area contributed by atoms with E-state index in [1.807, 2.05) is 18.2 Å². The van der Waals surface area contributed by atoms with E-state index in [1.165, 1.54) is 11.8 Å². The Morgan fingerprint density at radius 2 is 2.13 bits per heavy atom. The van der Waals surface area contributed by atoms with Gasteiger partial charge in [-0.15, -0.1) is 0 Å². The largest absolute Gasteiger partial charge is 0.253 e. The van der Waals surface area contributed by atoms with Crippen LogP contribution in [0.15, 0.2) is 30.5 Å². The van der Waals surface area contributed by atoms with Crippen LogP contribution in [0, 0.1) is 11.7 Å². The molecule has 0 atom stereocenters. The van der Waals surface area contributed by atoms with E-state index in [0.717, 1.165) is 17.3 Å². The van der Waals surface area contributed by atoms with Crippen LogP contribution in [0.3, 0.4) is 0 Å². The number of rotatable bonds is 2. The van der Waals surface area contributed by atoms with Crippen LogP contribution in [0.4, 0.5) is 4.39 Å². The van der Waals surface area contributed by atoms with E-state index in [1.54, 1.807) is 6.07 Å². The van der Waals surface area contributed by atoms with Crippen LogP contribution in [0.1, 0.15) is 19.4 Å². The predicted octanol–water partition coefficient (Wildman–Crippen LogP) is 3.57. The average molecular weight is 203 g/mol. The fourth-order valence-corrected chi connectivity index (χ4v) is 1.80. The molecule has 0 radical (unpaired) electrons. The summed E-state index contributed by atoms with van der Waals surface area (Å²) in [7, 11) is 0. The molecule has 0 unspecified atom stereocenters. The molecule has 0 spiro atoms. The first-order valence-electron chi connectivity index (χ1n) is 5.20.